The zero-order valence-corrected chi connectivity index (χ0v) is 17.8. The van der Waals surface area contributed by atoms with E-state index in [0.29, 0.717) is 4.90 Å². The van der Waals surface area contributed by atoms with Crippen molar-refractivity contribution < 1.29 is 31.1 Å². The Hall–Kier alpha value is -2.27. The van der Waals surface area contributed by atoms with Crippen LogP contribution in [0.5, 0.6) is 0 Å². The Morgan fingerprint density at radius 2 is 1.61 bits per heavy atom. The average molecular weight is 480 g/mol. The first-order valence-corrected chi connectivity index (χ1v) is 10.8. The maximum absolute atomic E-state index is 13.1. The summed E-state index contributed by atoms with van der Waals surface area (Å²) in [6, 6.07) is 9.66. The number of thioether (sulfide) groups is 1. The van der Waals surface area contributed by atoms with E-state index in [0.717, 1.165) is 35.0 Å². The van der Waals surface area contributed by atoms with Crippen molar-refractivity contribution in [1.82, 2.24) is 5.32 Å². The van der Waals surface area contributed by atoms with Crippen molar-refractivity contribution in [2.75, 3.05) is 11.0 Å². The van der Waals surface area contributed by atoms with Gasteiger partial charge in [-0.25, -0.2) is 0 Å². The molecule has 0 bridgehead atoms. The standard InChI is InChI=1S/C20H18F6N2OS2/c1-12(9-10-19(21,22)23)27-18(29)16-8-3-13(20(24,25)26)11-17(16)28-31-15-6-4-14(30-2)5-7-15/h3-8,11,28H,1,9-10H2,2H3,(H,27,29). The lowest BCUT2D eigenvalue weighted by atomic mass is 10.1. The molecule has 168 valence electrons. The highest BCUT2D eigenvalue weighted by atomic mass is 32.2. The van der Waals surface area contributed by atoms with E-state index in [-0.39, 0.29) is 16.9 Å². The van der Waals surface area contributed by atoms with E-state index < -0.39 is 36.7 Å². The molecule has 3 nitrogen and oxygen atoms in total. The highest BCUT2D eigenvalue weighted by Gasteiger charge is 2.32. The Morgan fingerprint density at radius 1 is 1.00 bits per heavy atom. The van der Waals surface area contributed by atoms with Crippen LogP contribution in [-0.4, -0.2) is 18.3 Å². The van der Waals surface area contributed by atoms with Gasteiger partial charge in [0.2, 0.25) is 0 Å². The molecule has 11 heteroatoms. The van der Waals surface area contributed by atoms with E-state index in [1.165, 1.54) is 11.8 Å². The van der Waals surface area contributed by atoms with Gasteiger partial charge in [-0.05, 0) is 67.1 Å². The van der Waals surface area contributed by atoms with Gasteiger partial charge < -0.3 is 10.0 Å². The Bertz CT molecular complexity index is 927. The molecule has 0 aliphatic rings. The number of allylic oxidation sites excluding steroid dienone is 1. The lowest BCUT2D eigenvalue weighted by Crippen LogP contribution is -2.24. The number of hydrogen-bond acceptors (Lipinski definition) is 4. The normalized spacial score (nSPS) is 11.8. The van der Waals surface area contributed by atoms with E-state index in [1.807, 2.05) is 18.4 Å². The maximum atomic E-state index is 13.1. The predicted molar refractivity (Wildman–Crippen MR) is 111 cm³/mol. The third-order valence-electron chi connectivity index (χ3n) is 3.93. The molecule has 0 aliphatic carbocycles. The zero-order chi connectivity index (χ0) is 23.2. The molecule has 0 aromatic heterocycles. The van der Waals surface area contributed by atoms with Crippen LogP contribution in [0.1, 0.15) is 28.8 Å². The van der Waals surface area contributed by atoms with E-state index in [4.69, 9.17) is 0 Å². The first-order valence-electron chi connectivity index (χ1n) is 8.73. The van der Waals surface area contributed by atoms with Crippen molar-refractivity contribution in [3.05, 3.63) is 65.9 Å². The van der Waals surface area contributed by atoms with Gasteiger partial charge in [0.05, 0.1) is 16.8 Å². The first-order chi connectivity index (χ1) is 14.4. The van der Waals surface area contributed by atoms with Crippen molar-refractivity contribution in [2.45, 2.75) is 35.0 Å². The Morgan fingerprint density at radius 3 is 2.16 bits per heavy atom. The summed E-state index contributed by atoms with van der Waals surface area (Å²) in [5.74, 6) is -0.860. The van der Waals surface area contributed by atoms with Crippen LogP contribution in [0.25, 0.3) is 0 Å². The van der Waals surface area contributed by atoms with Gasteiger partial charge in [0.1, 0.15) is 0 Å². The minimum Gasteiger partial charge on any atom is -0.326 e. The predicted octanol–water partition coefficient (Wildman–Crippen LogP) is 7.13. The van der Waals surface area contributed by atoms with E-state index in [9.17, 15) is 31.1 Å². The molecule has 2 aromatic rings. The number of halogens is 6. The van der Waals surface area contributed by atoms with Gasteiger partial charge in [-0.2, -0.15) is 26.3 Å². The van der Waals surface area contributed by atoms with Gasteiger partial charge in [-0.1, -0.05) is 6.58 Å². The highest BCUT2D eigenvalue weighted by Crippen LogP contribution is 2.34. The summed E-state index contributed by atoms with van der Waals surface area (Å²) in [7, 11) is 0. The van der Waals surface area contributed by atoms with Gasteiger partial charge in [0.25, 0.3) is 5.91 Å². The second-order valence-electron chi connectivity index (χ2n) is 6.31. The Balaban J connectivity index is 2.20. The molecule has 0 saturated carbocycles. The van der Waals surface area contributed by atoms with Gasteiger partial charge in [-0.15, -0.1) is 11.8 Å². The molecule has 0 atom stereocenters. The van der Waals surface area contributed by atoms with Gasteiger partial charge in [0, 0.05) is 21.9 Å². The minimum atomic E-state index is -4.63. The second-order valence-corrected chi connectivity index (χ2v) is 8.07. The molecule has 0 spiro atoms. The smallest absolute Gasteiger partial charge is 0.326 e. The fourth-order valence-corrected chi connectivity index (χ4v) is 3.42. The van der Waals surface area contributed by atoms with E-state index >= 15 is 0 Å². The molecule has 0 radical (unpaired) electrons. The topological polar surface area (TPSA) is 41.1 Å². The zero-order valence-electron chi connectivity index (χ0n) is 16.2. The molecule has 2 aromatic carbocycles. The number of hydrogen-bond donors (Lipinski definition) is 2. The summed E-state index contributed by atoms with van der Waals surface area (Å²) >= 11 is 2.53. The van der Waals surface area contributed by atoms with Crippen LogP contribution in [0.2, 0.25) is 0 Å². The van der Waals surface area contributed by atoms with Crippen molar-refractivity contribution in [3.63, 3.8) is 0 Å². The van der Waals surface area contributed by atoms with Crippen LogP contribution < -0.4 is 10.0 Å². The van der Waals surface area contributed by atoms with Crippen LogP contribution in [-0.2, 0) is 6.18 Å². The monoisotopic (exact) mass is 480 g/mol. The molecule has 2 N–H and O–H groups in total. The fourth-order valence-electron chi connectivity index (χ4n) is 2.34. The van der Waals surface area contributed by atoms with Crippen LogP contribution in [0, 0.1) is 0 Å². The summed E-state index contributed by atoms with van der Waals surface area (Å²) < 4.78 is 79.1. The summed E-state index contributed by atoms with van der Waals surface area (Å²) in [5.41, 5.74) is -1.45. The van der Waals surface area contributed by atoms with Crippen LogP contribution in [0.3, 0.4) is 0 Å². The van der Waals surface area contributed by atoms with Crippen molar-refractivity contribution >= 4 is 35.3 Å². The average Bonchev–Trinajstić information content (AvgIpc) is 2.69. The molecule has 31 heavy (non-hydrogen) atoms. The first kappa shape index (κ1) is 25.0. The summed E-state index contributed by atoms with van der Waals surface area (Å²) in [6.07, 6.45) is -8.86. The van der Waals surface area contributed by atoms with Crippen molar-refractivity contribution in [3.8, 4) is 0 Å². The van der Waals surface area contributed by atoms with Gasteiger partial charge >= 0.3 is 12.4 Å². The second kappa shape index (κ2) is 10.4. The molecule has 0 fully saturated rings. The number of alkyl halides is 6. The van der Waals surface area contributed by atoms with Crippen molar-refractivity contribution in [2.24, 2.45) is 0 Å². The van der Waals surface area contributed by atoms with Gasteiger partial charge in [0.15, 0.2) is 0 Å². The molecule has 0 unspecified atom stereocenters. The maximum Gasteiger partial charge on any atom is 0.416 e. The summed E-state index contributed by atoms with van der Waals surface area (Å²) in [6.45, 7) is 3.38. The molecular formula is C20H18F6N2OS2. The molecule has 2 rings (SSSR count). The number of carbonyl (C=O) groups excluding carboxylic acids is 1. The lowest BCUT2D eigenvalue weighted by Gasteiger charge is -2.16. The fraction of sp³-hybridized carbons (Fsp3) is 0.250. The summed E-state index contributed by atoms with van der Waals surface area (Å²) in [5, 5.41) is 2.21. The number of amides is 1. The number of nitrogens with one attached hydrogen (secondary N) is 2. The number of anilines is 1. The van der Waals surface area contributed by atoms with Gasteiger partial charge in [-0.3, -0.25) is 4.79 Å². The largest absolute Gasteiger partial charge is 0.416 e. The van der Waals surface area contributed by atoms with E-state index in [1.54, 1.807) is 12.1 Å². The molecule has 0 heterocycles. The SMILES string of the molecule is C=C(CCC(F)(F)F)NC(=O)c1ccc(C(F)(F)F)cc1NSc1ccc(SC)cc1. The third kappa shape index (κ3) is 8.06. The number of benzene rings is 2. The van der Waals surface area contributed by atoms with Crippen LogP contribution >= 0.6 is 23.7 Å². The Labute approximate surface area is 183 Å². The third-order valence-corrected chi connectivity index (χ3v) is 5.50. The van der Waals surface area contributed by atoms with Crippen LogP contribution in [0.15, 0.2) is 64.5 Å². The highest BCUT2D eigenvalue weighted by molar-refractivity contribution is 8.00. The molecular weight excluding hydrogens is 462 g/mol. The van der Waals surface area contributed by atoms with Crippen molar-refractivity contribution in [1.29, 1.82) is 0 Å². The van der Waals surface area contributed by atoms with E-state index in [2.05, 4.69) is 16.6 Å². The van der Waals surface area contributed by atoms with Crippen LogP contribution in [0.4, 0.5) is 32.0 Å². The molecule has 0 aliphatic heterocycles. The summed E-state index contributed by atoms with van der Waals surface area (Å²) in [4.78, 5) is 14.2. The number of carbonyl (C=O) groups is 1. The molecule has 0 saturated heterocycles. The lowest BCUT2D eigenvalue weighted by molar-refractivity contribution is -0.137. The Kier molecular flexibility index (Phi) is 8.35. The molecule has 1 amide bonds. The minimum absolute atomic E-state index is 0.130. The quantitative estimate of drug-likeness (QED) is 0.240. The number of rotatable bonds is 8.